The zero-order valence-corrected chi connectivity index (χ0v) is 16.0. The summed E-state index contributed by atoms with van der Waals surface area (Å²) in [6.07, 6.45) is 3.73. The second-order valence-corrected chi connectivity index (χ2v) is 8.49. The van der Waals surface area contributed by atoms with E-state index in [0.29, 0.717) is 16.0 Å². The third-order valence-electron chi connectivity index (χ3n) is 3.58. The van der Waals surface area contributed by atoms with Crippen LogP contribution in [0, 0.1) is 0 Å². The molecule has 3 rings (SSSR count). The Bertz CT molecular complexity index is 748. The van der Waals surface area contributed by atoms with Crippen molar-refractivity contribution in [2.75, 3.05) is 18.0 Å². The van der Waals surface area contributed by atoms with Crippen LogP contribution in [-0.4, -0.2) is 43.7 Å². The van der Waals surface area contributed by atoms with Crippen LogP contribution in [0.5, 0.6) is 0 Å². The van der Waals surface area contributed by atoms with Crippen LogP contribution in [0.4, 0.5) is 10.5 Å². The fourth-order valence-corrected chi connectivity index (χ4v) is 5.50. The summed E-state index contributed by atoms with van der Waals surface area (Å²) in [6, 6.07) is 5.84. The first kappa shape index (κ1) is 16.7. The molecule has 2 heterocycles. The van der Waals surface area contributed by atoms with Gasteiger partial charge >= 0.3 is 151 Å². The second-order valence-electron chi connectivity index (χ2n) is 4.91. The van der Waals surface area contributed by atoms with E-state index in [4.69, 9.17) is 11.6 Å². The Labute approximate surface area is 150 Å². The molecular weight excluding hydrogens is 399 g/mol. The van der Waals surface area contributed by atoms with Gasteiger partial charge in [0.1, 0.15) is 0 Å². The van der Waals surface area contributed by atoms with E-state index in [0.717, 1.165) is 22.2 Å². The van der Waals surface area contributed by atoms with E-state index >= 15 is 0 Å². The summed E-state index contributed by atoms with van der Waals surface area (Å²) < 4.78 is 0.613. The number of carbonyl (C=O) groups excluding carboxylic acids is 2. The molecule has 0 spiro atoms. The van der Waals surface area contributed by atoms with E-state index in [2.05, 4.69) is 11.8 Å². The third kappa shape index (κ3) is 3.09. The minimum atomic E-state index is -0.416. The first-order chi connectivity index (χ1) is 11.0. The van der Waals surface area contributed by atoms with Crippen LogP contribution >= 0.6 is 23.4 Å². The monoisotopic (exact) mass is 414 g/mol. The van der Waals surface area contributed by atoms with Crippen molar-refractivity contribution in [2.24, 2.45) is 0 Å². The number of hydrogen-bond acceptors (Lipinski definition) is 4. The van der Waals surface area contributed by atoms with Gasteiger partial charge in [-0.25, -0.2) is 0 Å². The molecular formula is C16H15ClN2O2SSe. The molecule has 2 aliphatic rings. The molecule has 1 aromatic carbocycles. The van der Waals surface area contributed by atoms with Gasteiger partial charge < -0.3 is 0 Å². The van der Waals surface area contributed by atoms with Crippen molar-refractivity contribution in [3.05, 3.63) is 44.9 Å². The van der Waals surface area contributed by atoms with Crippen molar-refractivity contribution in [1.29, 1.82) is 0 Å². The van der Waals surface area contributed by atoms with Crippen LogP contribution < -0.4 is 4.90 Å². The average molecular weight is 414 g/mol. The Hall–Kier alpha value is -1.20. The first-order valence-electron chi connectivity index (χ1n) is 7.25. The number of amides is 2. The van der Waals surface area contributed by atoms with Crippen LogP contribution in [0.15, 0.2) is 44.7 Å². The van der Waals surface area contributed by atoms with Crippen LogP contribution in [0.2, 0.25) is 5.02 Å². The molecule has 23 heavy (non-hydrogen) atoms. The summed E-state index contributed by atoms with van der Waals surface area (Å²) in [7, 11) is 0. The Kier molecular flexibility index (Phi) is 4.87. The van der Waals surface area contributed by atoms with E-state index < -0.39 is 15.0 Å². The topological polar surface area (TPSA) is 40.6 Å². The second kappa shape index (κ2) is 6.73. The predicted molar refractivity (Wildman–Crippen MR) is 95.0 cm³/mol. The van der Waals surface area contributed by atoms with Gasteiger partial charge in [0.25, 0.3) is 0 Å². The number of nitrogens with zero attached hydrogens (tertiary/aromatic N) is 2. The Morgan fingerprint density at radius 3 is 2.57 bits per heavy atom. The number of anilines is 1. The number of allylic oxidation sites excluding steroid dienone is 2. The predicted octanol–water partition coefficient (Wildman–Crippen LogP) is 3.68. The van der Waals surface area contributed by atoms with Crippen LogP contribution in [0.25, 0.3) is 0 Å². The number of likely N-dealkylation sites (N-methyl/N-ethyl adjacent to an activating group) is 1. The number of halogens is 1. The first-order valence-corrected chi connectivity index (χ1v) is 10.2. The van der Waals surface area contributed by atoms with Gasteiger partial charge in [-0.3, -0.25) is 0 Å². The van der Waals surface area contributed by atoms with Gasteiger partial charge in [-0.15, -0.1) is 0 Å². The fourth-order valence-electron chi connectivity index (χ4n) is 2.46. The molecule has 0 saturated carbocycles. The molecule has 0 bridgehead atoms. The standard InChI is InChI=1S/C16H15ClN2O2SSe/c1-3-18-11-9-10(17)5-6-12(11)22-14(18)8-7-13-15(20)19(4-2)16(21)23-13/h5-9H,3-4H2,1-2H3/b13-7-,14-8+. The summed E-state index contributed by atoms with van der Waals surface area (Å²) >= 11 is 7.32. The van der Waals surface area contributed by atoms with E-state index in [9.17, 15) is 9.59 Å². The Morgan fingerprint density at radius 2 is 1.91 bits per heavy atom. The SMILES string of the molecule is CCN1C(=O)[Se]/C(=C\C=C2\Sc3ccc(Cl)cc3N2CC)C1=O. The summed E-state index contributed by atoms with van der Waals surface area (Å²) in [6.45, 7) is 5.14. The molecule has 1 saturated heterocycles. The quantitative estimate of drug-likeness (QED) is 0.560. The minimum absolute atomic E-state index is 0.0591. The molecule has 1 aromatic rings. The molecule has 0 aliphatic carbocycles. The zero-order valence-electron chi connectivity index (χ0n) is 12.7. The molecule has 0 aromatic heterocycles. The number of thioether (sulfide) groups is 1. The van der Waals surface area contributed by atoms with Gasteiger partial charge in [-0.1, -0.05) is 0 Å². The van der Waals surface area contributed by atoms with Crippen LogP contribution in [0.3, 0.4) is 0 Å². The van der Waals surface area contributed by atoms with Crippen LogP contribution in [-0.2, 0) is 4.79 Å². The summed E-state index contributed by atoms with van der Waals surface area (Å²) in [5, 5.41) is 1.75. The molecule has 1 fully saturated rings. The number of fused-ring (bicyclic) bond motifs is 1. The van der Waals surface area contributed by atoms with E-state index in [-0.39, 0.29) is 10.7 Å². The average Bonchev–Trinajstić information content (AvgIpc) is 3.01. The molecule has 4 nitrogen and oxygen atoms in total. The number of benzene rings is 1. The van der Waals surface area contributed by atoms with Gasteiger partial charge in [0.05, 0.1) is 0 Å². The van der Waals surface area contributed by atoms with Crippen molar-refractivity contribution >= 4 is 54.7 Å². The van der Waals surface area contributed by atoms with Gasteiger partial charge in [0, 0.05) is 0 Å². The normalized spacial score (nSPS) is 21.0. The van der Waals surface area contributed by atoms with Crippen molar-refractivity contribution in [3.8, 4) is 0 Å². The molecule has 0 radical (unpaired) electrons. The molecule has 7 heteroatoms. The van der Waals surface area contributed by atoms with Gasteiger partial charge in [-0.2, -0.15) is 0 Å². The molecule has 0 unspecified atom stereocenters. The third-order valence-corrected chi connectivity index (χ3v) is 6.88. The van der Waals surface area contributed by atoms with Crippen molar-refractivity contribution in [1.82, 2.24) is 4.90 Å². The van der Waals surface area contributed by atoms with Gasteiger partial charge in [0.2, 0.25) is 0 Å². The molecule has 0 N–H and O–H groups in total. The number of rotatable bonds is 3. The molecule has 2 aliphatic heterocycles. The maximum atomic E-state index is 12.2. The molecule has 120 valence electrons. The number of imide groups is 1. The van der Waals surface area contributed by atoms with E-state index in [1.165, 1.54) is 4.90 Å². The van der Waals surface area contributed by atoms with E-state index in [1.54, 1.807) is 17.8 Å². The Morgan fingerprint density at radius 1 is 1.17 bits per heavy atom. The van der Waals surface area contributed by atoms with Crippen molar-refractivity contribution < 1.29 is 9.59 Å². The summed E-state index contributed by atoms with van der Waals surface area (Å²) in [4.78, 5) is 28.5. The zero-order chi connectivity index (χ0) is 16.6. The fraction of sp³-hybridized carbons (Fsp3) is 0.250. The van der Waals surface area contributed by atoms with Gasteiger partial charge in [0.15, 0.2) is 0 Å². The maximum absolute atomic E-state index is 12.2. The van der Waals surface area contributed by atoms with Crippen molar-refractivity contribution in [2.45, 2.75) is 18.7 Å². The number of hydrogen-bond donors (Lipinski definition) is 0. The molecule has 0 atom stereocenters. The van der Waals surface area contributed by atoms with Crippen molar-refractivity contribution in [3.63, 3.8) is 0 Å². The van der Waals surface area contributed by atoms with Crippen LogP contribution in [0.1, 0.15) is 13.8 Å². The number of carbonyl (C=O) groups is 2. The Balaban J connectivity index is 1.88. The summed E-state index contributed by atoms with van der Waals surface area (Å²) in [5.41, 5.74) is 1.09. The van der Waals surface area contributed by atoms with Gasteiger partial charge in [-0.05, 0) is 0 Å². The summed E-state index contributed by atoms with van der Waals surface area (Å²) in [5.74, 6) is -0.152. The molecule has 2 amide bonds. The van der Waals surface area contributed by atoms with E-state index in [1.807, 2.05) is 31.2 Å².